The minimum absolute atomic E-state index is 0.194. The molecule has 0 bridgehead atoms. The molecule has 1 heterocycles. The summed E-state index contributed by atoms with van der Waals surface area (Å²) in [5, 5.41) is 3.40. The minimum atomic E-state index is -0.787. The predicted octanol–water partition coefficient (Wildman–Crippen LogP) is 4.59. The maximum absolute atomic E-state index is 13.5. The average molecular weight is 352 g/mol. The van der Waals surface area contributed by atoms with Gasteiger partial charge in [-0.2, -0.15) is 0 Å². The molecule has 2 aromatic carbocycles. The molecule has 2 aromatic rings. The Hall–Kier alpha value is -1.26. The third-order valence-electron chi connectivity index (χ3n) is 4.16. The van der Waals surface area contributed by atoms with Crippen LogP contribution < -0.4 is 5.32 Å². The van der Waals surface area contributed by atoms with E-state index in [1.54, 1.807) is 6.07 Å². The zero-order chi connectivity index (χ0) is 14.8. The molecule has 3 rings (SSSR count). The van der Waals surface area contributed by atoms with Gasteiger partial charge in [-0.3, -0.25) is 0 Å². The van der Waals surface area contributed by atoms with Crippen LogP contribution in [0.2, 0.25) is 0 Å². The first-order valence-corrected chi connectivity index (χ1v) is 7.86. The molecular formula is C17H16BrF2N. The highest BCUT2D eigenvalue weighted by Crippen LogP contribution is 2.40. The first-order chi connectivity index (χ1) is 10.2. The van der Waals surface area contributed by atoms with E-state index in [9.17, 15) is 8.78 Å². The summed E-state index contributed by atoms with van der Waals surface area (Å²) in [6, 6.07) is 12.4. The van der Waals surface area contributed by atoms with Crippen LogP contribution in [0, 0.1) is 11.6 Å². The Bertz CT molecular complexity index is 644. The second-order valence-corrected chi connectivity index (χ2v) is 6.26. The smallest absolute Gasteiger partial charge is 0.159 e. The molecule has 0 spiro atoms. The van der Waals surface area contributed by atoms with Gasteiger partial charge in [0, 0.05) is 16.9 Å². The van der Waals surface area contributed by atoms with Gasteiger partial charge >= 0.3 is 0 Å². The van der Waals surface area contributed by atoms with Crippen molar-refractivity contribution in [3.8, 4) is 0 Å². The predicted molar refractivity (Wildman–Crippen MR) is 83.5 cm³/mol. The molecule has 0 aliphatic carbocycles. The van der Waals surface area contributed by atoms with Crippen LogP contribution >= 0.6 is 15.9 Å². The molecule has 0 saturated carbocycles. The van der Waals surface area contributed by atoms with Gasteiger partial charge in [-0.1, -0.05) is 40.2 Å². The summed E-state index contributed by atoms with van der Waals surface area (Å²) in [7, 11) is 0. The van der Waals surface area contributed by atoms with Gasteiger partial charge in [-0.25, -0.2) is 8.78 Å². The third kappa shape index (κ3) is 3.01. The molecule has 1 nitrogen and oxygen atoms in total. The Kier molecular flexibility index (Phi) is 4.36. The van der Waals surface area contributed by atoms with Crippen molar-refractivity contribution in [1.82, 2.24) is 5.32 Å². The molecule has 2 atom stereocenters. The Morgan fingerprint density at radius 3 is 2.57 bits per heavy atom. The summed E-state index contributed by atoms with van der Waals surface area (Å²) in [5.41, 5.74) is 2.08. The summed E-state index contributed by atoms with van der Waals surface area (Å²) in [6.07, 6.45) is 0.914. The second kappa shape index (κ2) is 6.24. The van der Waals surface area contributed by atoms with Crippen LogP contribution in [0.25, 0.3) is 0 Å². The summed E-state index contributed by atoms with van der Waals surface area (Å²) >= 11 is 3.60. The molecule has 4 heteroatoms. The fraction of sp³-hybridized carbons (Fsp3) is 0.294. The second-order valence-electron chi connectivity index (χ2n) is 5.40. The topological polar surface area (TPSA) is 12.0 Å². The van der Waals surface area contributed by atoms with Crippen LogP contribution in [0.1, 0.15) is 29.4 Å². The number of benzene rings is 2. The Balaban J connectivity index is 1.98. The molecule has 1 N–H and O–H groups in total. The van der Waals surface area contributed by atoms with Crippen LogP contribution in [0.15, 0.2) is 46.9 Å². The van der Waals surface area contributed by atoms with Crippen LogP contribution in [0.5, 0.6) is 0 Å². The molecule has 21 heavy (non-hydrogen) atoms. The van der Waals surface area contributed by atoms with Crippen molar-refractivity contribution in [1.29, 1.82) is 0 Å². The standard InChI is InChI=1S/C17H16BrF2N/c18-15-4-2-1-3-13(15)14-10-21-8-7-12(14)11-5-6-16(19)17(20)9-11/h1-6,9,12,14,21H,7-8,10H2. The highest BCUT2D eigenvalue weighted by Gasteiger charge is 2.29. The van der Waals surface area contributed by atoms with Crippen molar-refractivity contribution in [3.05, 3.63) is 69.7 Å². The van der Waals surface area contributed by atoms with Gasteiger partial charge in [0.25, 0.3) is 0 Å². The number of nitrogens with one attached hydrogen (secondary N) is 1. The van der Waals surface area contributed by atoms with Gasteiger partial charge < -0.3 is 5.32 Å². The molecule has 1 aliphatic heterocycles. The van der Waals surface area contributed by atoms with Crippen molar-refractivity contribution in [2.45, 2.75) is 18.3 Å². The zero-order valence-electron chi connectivity index (χ0n) is 11.5. The van der Waals surface area contributed by atoms with Gasteiger partial charge in [-0.05, 0) is 48.2 Å². The lowest BCUT2D eigenvalue weighted by Crippen LogP contribution is -2.34. The zero-order valence-corrected chi connectivity index (χ0v) is 13.0. The molecule has 1 aliphatic rings. The molecule has 2 unspecified atom stereocenters. The summed E-state index contributed by atoms with van der Waals surface area (Å²) in [5.74, 6) is -1.11. The largest absolute Gasteiger partial charge is 0.316 e. The number of hydrogen-bond donors (Lipinski definition) is 1. The first kappa shape index (κ1) is 14.7. The van der Waals surface area contributed by atoms with Gasteiger partial charge in [0.1, 0.15) is 0 Å². The van der Waals surface area contributed by atoms with E-state index in [1.807, 2.05) is 18.2 Å². The van der Waals surface area contributed by atoms with E-state index < -0.39 is 11.6 Å². The monoisotopic (exact) mass is 351 g/mol. The lowest BCUT2D eigenvalue weighted by molar-refractivity contribution is 0.400. The molecular weight excluding hydrogens is 336 g/mol. The van der Waals surface area contributed by atoms with Crippen molar-refractivity contribution < 1.29 is 8.78 Å². The Morgan fingerprint density at radius 2 is 1.81 bits per heavy atom. The lowest BCUT2D eigenvalue weighted by Gasteiger charge is -2.33. The fourth-order valence-corrected chi connectivity index (χ4v) is 3.68. The van der Waals surface area contributed by atoms with E-state index in [0.717, 1.165) is 29.5 Å². The average Bonchev–Trinajstić information content (AvgIpc) is 2.51. The summed E-state index contributed by atoms with van der Waals surface area (Å²) in [6.45, 7) is 1.73. The lowest BCUT2D eigenvalue weighted by atomic mass is 9.77. The van der Waals surface area contributed by atoms with E-state index >= 15 is 0 Å². The number of rotatable bonds is 2. The normalized spacial score (nSPS) is 22.2. The number of halogens is 3. The molecule has 1 saturated heterocycles. The van der Waals surface area contributed by atoms with Crippen molar-refractivity contribution in [3.63, 3.8) is 0 Å². The fourth-order valence-electron chi connectivity index (χ4n) is 3.10. The van der Waals surface area contributed by atoms with Crippen LogP contribution in [-0.2, 0) is 0 Å². The van der Waals surface area contributed by atoms with Gasteiger partial charge in [0.05, 0.1) is 0 Å². The van der Waals surface area contributed by atoms with Gasteiger partial charge in [0.15, 0.2) is 11.6 Å². The van der Waals surface area contributed by atoms with E-state index in [2.05, 4.69) is 27.3 Å². The summed E-state index contributed by atoms with van der Waals surface area (Å²) in [4.78, 5) is 0. The van der Waals surface area contributed by atoms with E-state index in [0.29, 0.717) is 0 Å². The van der Waals surface area contributed by atoms with Crippen molar-refractivity contribution in [2.24, 2.45) is 0 Å². The third-order valence-corrected chi connectivity index (χ3v) is 4.88. The van der Waals surface area contributed by atoms with Crippen molar-refractivity contribution >= 4 is 15.9 Å². The number of hydrogen-bond acceptors (Lipinski definition) is 1. The molecule has 110 valence electrons. The van der Waals surface area contributed by atoms with Gasteiger partial charge in [-0.15, -0.1) is 0 Å². The van der Waals surface area contributed by atoms with E-state index in [1.165, 1.54) is 17.7 Å². The maximum Gasteiger partial charge on any atom is 0.159 e. The Morgan fingerprint density at radius 1 is 1.00 bits per heavy atom. The highest BCUT2D eigenvalue weighted by atomic mass is 79.9. The number of piperidine rings is 1. The minimum Gasteiger partial charge on any atom is -0.316 e. The molecule has 1 fully saturated rings. The van der Waals surface area contributed by atoms with Gasteiger partial charge in [0.2, 0.25) is 0 Å². The van der Waals surface area contributed by atoms with E-state index in [-0.39, 0.29) is 11.8 Å². The molecule has 0 amide bonds. The highest BCUT2D eigenvalue weighted by molar-refractivity contribution is 9.10. The van der Waals surface area contributed by atoms with Crippen LogP contribution in [0.4, 0.5) is 8.78 Å². The molecule has 0 radical (unpaired) electrons. The maximum atomic E-state index is 13.5. The summed E-state index contributed by atoms with van der Waals surface area (Å²) < 4.78 is 27.8. The van der Waals surface area contributed by atoms with Crippen LogP contribution in [0.3, 0.4) is 0 Å². The Labute approximate surface area is 131 Å². The van der Waals surface area contributed by atoms with E-state index in [4.69, 9.17) is 0 Å². The van der Waals surface area contributed by atoms with Crippen LogP contribution in [-0.4, -0.2) is 13.1 Å². The van der Waals surface area contributed by atoms with Crippen molar-refractivity contribution in [2.75, 3.05) is 13.1 Å². The SMILES string of the molecule is Fc1ccc(C2CCNCC2c2ccccc2Br)cc1F. The quantitative estimate of drug-likeness (QED) is 0.834. The first-order valence-electron chi connectivity index (χ1n) is 7.07. The molecule has 0 aromatic heterocycles.